The summed E-state index contributed by atoms with van der Waals surface area (Å²) in [5.41, 5.74) is 4.15. The van der Waals surface area contributed by atoms with Gasteiger partial charge in [-0.2, -0.15) is 0 Å². The second-order valence-electron chi connectivity index (χ2n) is 11.5. The first-order chi connectivity index (χ1) is 18.6. The Morgan fingerprint density at radius 1 is 1.13 bits per heavy atom. The highest BCUT2D eigenvalue weighted by atomic mass is 32.2. The Hall–Kier alpha value is -3.05. The van der Waals surface area contributed by atoms with Crippen molar-refractivity contribution >= 4 is 34.4 Å². The zero-order chi connectivity index (χ0) is 28.2. The maximum absolute atomic E-state index is 13.2. The van der Waals surface area contributed by atoms with E-state index < -0.39 is 11.0 Å². The molecule has 1 amide bonds. The minimum Gasteiger partial charge on any atom is -0.483 e. The molecule has 2 aliphatic rings. The van der Waals surface area contributed by atoms with Gasteiger partial charge in [0.2, 0.25) is 0 Å². The van der Waals surface area contributed by atoms with E-state index in [1.165, 1.54) is 38.5 Å². The minimum absolute atomic E-state index is 0.0116. The number of hydrogen-bond acceptors (Lipinski definition) is 6. The molecule has 11 heteroatoms. The molecule has 1 unspecified atom stereocenters. The molecule has 1 aromatic carbocycles. The van der Waals surface area contributed by atoms with Crippen LogP contribution in [0.2, 0.25) is 0 Å². The summed E-state index contributed by atoms with van der Waals surface area (Å²) in [5.74, 6) is 0.572. The number of rotatable bonds is 7. The Bertz CT molecular complexity index is 1330. The topological polar surface area (TPSA) is 139 Å². The monoisotopic (exact) mass is 557 g/mol. The summed E-state index contributed by atoms with van der Waals surface area (Å²) in [6.07, 6.45) is 9.50. The van der Waals surface area contributed by atoms with Gasteiger partial charge < -0.3 is 15.0 Å². The molecule has 0 saturated heterocycles. The van der Waals surface area contributed by atoms with Crippen LogP contribution in [0.3, 0.4) is 0 Å². The van der Waals surface area contributed by atoms with Crippen LogP contribution in [-0.4, -0.2) is 48.2 Å². The van der Waals surface area contributed by atoms with Crippen LogP contribution in [0.5, 0.6) is 0 Å². The van der Waals surface area contributed by atoms with E-state index in [1.54, 1.807) is 0 Å². The van der Waals surface area contributed by atoms with E-state index in [4.69, 9.17) is 14.5 Å². The summed E-state index contributed by atoms with van der Waals surface area (Å²) in [6.45, 7) is 8.55. The normalized spacial score (nSPS) is 17.2. The van der Waals surface area contributed by atoms with Crippen molar-refractivity contribution in [1.29, 1.82) is 0 Å². The lowest BCUT2D eigenvalue weighted by Gasteiger charge is -2.26. The van der Waals surface area contributed by atoms with Crippen LogP contribution in [0.15, 0.2) is 27.7 Å². The van der Waals surface area contributed by atoms with Gasteiger partial charge in [-0.3, -0.25) is 9.59 Å². The fraction of sp³-hybridized carbons (Fsp3) is 0.571. The minimum atomic E-state index is -1.47. The Balaban J connectivity index is 0.00000112. The molecule has 2 saturated carbocycles. The van der Waals surface area contributed by atoms with E-state index in [1.807, 2.05) is 45.9 Å². The third kappa shape index (κ3) is 6.75. The first kappa shape index (κ1) is 28.9. The molecule has 3 aromatic rings. The molecule has 0 radical (unpaired) electrons. The Kier molecular flexibility index (Phi) is 9.22. The molecule has 2 fully saturated rings. The number of fused-ring (bicyclic) bond motifs is 1. The number of nitrogens with zero attached hydrogens (tertiary/aromatic N) is 3. The van der Waals surface area contributed by atoms with Gasteiger partial charge in [-0.1, -0.05) is 19.3 Å². The van der Waals surface area contributed by atoms with E-state index in [-0.39, 0.29) is 24.0 Å². The predicted octanol–water partition coefficient (Wildman–Crippen LogP) is 4.97. The highest BCUT2D eigenvalue weighted by Gasteiger charge is 2.27. The molecular weight excluding hydrogens is 518 g/mol. The van der Waals surface area contributed by atoms with Crippen molar-refractivity contribution in [3.05, 3.63) is 29.5 Å². The number of carboxylic acid groups (broad SMARTS) is 1. The number of amides is 1. The smallest absolute Gasteiger partial charge is 0.290 e. The van der Waals surface area contributed by atoms with E-state index in [9.17, 15) is 9.00 Å². The molecule has 3 N–H and O–H groups in total. The van der Waals surface area contributed by atoms with Crippen molar-refractivity contribution < 1.29 is 23.5 Å². The van der Waals surface area contributed by atoms with Crippen molar-refractivity contribution in [3.63, 3.8) is 0 Å². The van der Waals surface area contributed by atoms with E-state index in [0.717, 1.165) is 36.3 Å². The lowest BCUT2D eigenvalue weighted by molar-refractivity contribution is -0.122. The van der Waals surface area contributed by atoms with E-state index >= 15 is 0 Å². The molecule has 5 rings (SSSR count). The first-order valence-corrected chi connectivity index (χ1v) is 14.8. The van der Waals surface area contributed by atoms with Crippen LogP contribution in [0.4, 0.5) is 0 Å². The predicted molar refractivity (Wildman–Crippen MR) is 150 cm³/mol. The van der Waals surface area contributed by atoms with Gasteiger partial charge in [0.05, 0.1) is 16.2 Å². The highest BCUT2D eigenvalue weighted by Crippen LogP contribution is 2.35. The van der Waals surface area contributed by atoms with Gasteiger partial charge in [0.15, 0.2) is 5.52 Å². The lowest BCUT2D eigenvalue weighted by atomic mass is 9.89. The molecule has 10 nitrogen and oxygen atoms in total. The van der Waals surface area contributed by atoms with Crippen molar-refractivity contribution in [1.82, 2.24) is 24.9 Å². The molecule has 0 bridgehead atoms. The second kappa shape index (κ2) is 12.4. The Morgan fingerprint density at radius 2 is 1.79 bits per heavy atom. The molecule has 0 spiro atoms. The zero-order valence-corrected chi connectivity index (χ0v) is 24.0. The van der Waals surface area contributed by atoms with Gasteiger partial charge in [-0.25, -0.2) is 13.6 Å². The van der Waals surface area contributed by atoms with Gasteiger partial charge in [-0.05, 0) is 94.2 Å². The van der Waals surface area contributed by atoms with E-state index in [2.05, 4.69) is 24.9 Å². The molecule has 1 atom stereocenters. The number of nitrogens with one attached hydrogen (secondary N) is 2. The van der Waals surface area contributed by atoms with Crippen molar-refractivity contribution in [2.24, 2.45) is 5.92 Å². The fourth-order valence-corrected chi connectivity index (χ4v) is 6.48. The highest BCUT2D eigenvalue weighted by molar-refractivity contribution is 7.83. The summed E-state index contributed by atoms with van der Waals surface area (Å²) in [4.78, 5) is 22.1. The van der Waals surface area contributed by atoms with Crippen LogP contribution in [-0.2, 0) is 22.3 Å². The van der Waals surface area contributed by atoms with Gasteiger partial charge in [0.1, 0.15) is 16.5 Å². The summed E-state index contributed by atoms with van der Waals surface area (Å²) < 4.78 is 23.6. The van der Waals surface area contributed by atoms with E-state index in [0.29, 0.717) is 27.4 Å². The van der Waals surface area contributed by atoms with Crippen LogP contribution >= 0.6 is 0 Å². The Labute approximate surface area is 231 Å². The standard InChI is InChI=1S/C27H37N5O3S.CH2O2/c1-17-21(26(33)28-19-11-8-12-19)15-22(32(17)16-18-9-6-5-7-10-18)20-13-14-23(25-24(20)29-35-30-25)36(34)31-27(2,3)4;2-1-3/h13-15,18-19,31H,5-12,16H2,1-4H3,(H,28,33);1H,(H,2,3). The van der Waals surface area contributed by atoms with Crippen LogP contribution in [0.25, 0.3) is 22.3 Å². The molecule has 0 aliphatic heterocycles. The third-order valence-electron chi connectivity index (χ3n) is 7.47. The maximum Gasteiger partial charge on any atom is 0.290 e. The number of carbonyl (C=O) groups is 2. The molecule has 212 valence electrons. The number of hydrogen-bond donors (Lipinski definition) is 3. The zero-order valence-electron chi connectivity index (χ0n) is 23.2. The van der Waals surface area contributed by atoms with Gasteiger partial charge in [-0.15, -0.1) is 0 Å². The quantitative estimate of drug-likeness (QED) is 0.348. The summed E-state index contributed by atoms with van der Waals surface area (Å²) in [6, 6.07) is 6.03. The summed E-state index contributed by atoms with van der Waals surface area (Å²) in [5, 5.41) is 18.4. The van der Waals surface area contributed by atoms with Gasteiger partial charge >= 0.3 is 0 Å². The van der Waals surface area contributed by atoms with Crippen molar-refractivity contribution in [3.8, 4) is 11.3 Å². The number of carbonyl (C=O) groups excluding carboxylic acids is 1. The molecule has 2 heterocycles. The summed E-state index contributed by atoms with van der Waals surface area (Å²) >= 11 is 0. The average molecular weight is 558 g/mol. The third-order valence-corrected chi connectivity index (χ3v) is 9.00. The number of aromatic nitrogens is 3. The average Bonchev–Trinajstić information content (AvgIpc) is 3.46. The van der Waals surface area contributed by atoms with Crippen LogP contribution < -0.4 is 10.0 Å². The first-order valence-electron chi connectivity index (χ1n) is 13.7. The number of benzene rings is 1. The lowest BCUT2D eigenvalue weighted by Crippen LogP contribution is -2.39. The van der Waals surface area contributed by atoms with Crippen molar-refractivity contribution in [2.45, 2.75) is 102 Å². The molecule has 39 heavy (non-hydrogen) atoms. The summed E-state index contributed by atoms with van der Waals surface area (Å²) in [7, 11) is -1.47. The molecule has 2 aliphatic carbocycles. The molecule has 2 aromatic heterocycles. The van der Waals surface area contributed by atoms with Crippen LogP contribution in [0.1, 0.15) is 88.2 Å². The SMILES string of the molecule is Cc1c(C(=O)NC2CCC2)cc(-c2ccc(S(=O)NC(C)(C)C)c3nonc23)n1CC1CCCCC1.O=CO. The fourth-order valence-electron chi connectivity index (χ4n) is 5.31. The molecular formula is C28H39N5O5S. The van der Waals surface area contributed by atoms with Gasteiger partial charge in [0.25, 0.3) is 12.4 Å². The van der Waals surface area contributed by atoms with Crippen LogP contribution in [0, 0.1) is 12.8 Å². The largest absolute Gasteiger partial charge is 0.483 e. The Morgan fingerprint density at radius 3 is 2.41 bits per heavy atom. The maximum atomic E-state index is 13.2. The second-order valence-corrected chi connectivity index (χ2v) is 12.7. The van der Waals surface area contributed by atoms with Gasteiger partial charge in [0, 0.05) is 29.4 Å². The van der Waals surface area contributed by atoms with Crippen molar-refractivity contribution in [2.75, 3.05) is 0 Å².